The SMILES string of the molecule is [C-]#[N+]C(=C1C=C2C=C(c3ccc(N(c4ccc(C)cc4)c4ccc(C)cc4)cc3)CCC2C(C)(C)C1)c1nc2ccccc2[nH]1. The summed E-state index contributed by atoms with van der Waals surface area (Å²) < 4.78 is 0. The van der Waals surface area contributed by atoms with Gasteiger partial charge in [0.05, 0.1) is 17.6 Å². The summed E-state index contributed by atoms with van der Waals surface area (Å²) in [5, 5.41) is 0. The standard InChI is InChI=1S/C41H38N4/c1-27-10-17-33(18-11-27)45(34-19-12-28(2)13-20-34)35-21-14-29(15-22-35)30-16-23-36-31(24-30)25-32(26-41(36,3)4)39(42-5)40-43-37-8-6-7-9-38(37)44-40/h6-15,17-22,24-25,36H,16,23,26H2,1-4H3,(H,43,44). The fourth-order valence-corrected chi connectivity index (χ4v) is 7.07. The normalized spacial score (nSPS) is 18.4. The molecule has 0 saturated heterocycles. The highest BCUT2D eigenvalue weighted by molar-refractivity contribution is 5.83. The number of imidazole rings is 1. The summed E-state index contributed by atoms with van der Waals surface area (Å²) in [4.78, 5) is 14.5. The monoisotopic (exact) mass is 586 g/mol. The Bertz CT molecular complexity index is 1930. The van der Waals surface area contributed by atoms with Gasteiger partial charge in [-0.25, -0.2) is 9.83 Å². The second-order valence-electron chi connectivity index (χ2n) is 13.2. The minimum Gasteiger partial charge on any atom is -0.347 e. The van der Waals surface area contributed by atoms with Gasteiger partial charge >= 0.3 is 0 Å². The summed E-state index contributed by atoms with van der Waals surface area (Å²) in [6, 6.07) is 34.4. The molecule has 1 unspecified atom stereocenters. The van der Waals surface area contributed by atoms with Crippen LogP contribution in [0.1, 0.15) is 55.6 Å². The molecular weight excluding hydrogens is 548 g/mol. The van der Waals surface area contributed by atoms with Gasteiger partial charge in [0.2, 0.25) is 5.70 Å². The third-order valence-electron chi connectivity index (χ3n) is 9.49. The molecule has 0 saturated carbocycles. The van der Waals surface area contributed by atoms with Crippen molar-refractivity contribution < 1.29 is 0 Å². The number of anilines is 3. The maximum absolute atomic E-state index is 8.10. The molecule has 4 nitrogen and oxygen atoms in total. The molecule has 4 aromatic carbocycles. The number of aromatic amines is 1. The molecule has 0 radical (unpaired) electrons. The van der Waals surface area contributed by atoms with Crippen molar-refractivity contribution in [3.8, 4) is 0 Å². The van der Waals surface area contributed by atoms with Crippen LogP contribution in [0.4, 0.5) is 17.1 Å². The lowest BCUT2D eigenvalue weighted by molar-refractivity contribution is 0.228. The number of hydrogen-bond acceptors (Lipinski definition) is 2. The highest BCUT2D eigenvalue weighted by Crippen LogP contribution is 2.51. The second-order valence-corrected chi connectivity index (χ2v) is 13.2. The predicted octanol–water partition coefficient (Wildman–Crippen LogP) is 11.1. The van der Waals surface area contributed by atoms with Crippen LogP contribution in [-0.2, 0) is 0 Å². The first-order valence-corrected chi connectivity index (χ1v) is 15.8. The van der Waals surface area contributed by atoms with Crippen LogP contribution in [0.2, 0.25) is 0 Å². The lowest BCUT2D eigenvalue weighted by Crippen LogP contribution is -2.31. The van der Waals surface area contributed by atoms with Crippen LogP contribution in [0, 0.1) is 31.8 Å². The average molecular weight is 587 g/mol. The Balaban J connectivity index is 1.24. The molecule has 1 N–H and O–H groups in total. The highest BCUT2D eigenvalue weighted by Gasteiger charge is 2.38. The molecule has 1 aromatic heterocycles. The van der Waals surface area contributed by atoms with E-state index in [2.05, 4.69) is 127 Å². The van der Waals surface area contributed by atoms with Crippen LogP contribution < -0.4 is 4.90 Å². The van der Waals surface area contributed by atoms with Gasteiger partial charge in [-0.2, -0.15) is 0 Å². The molecule has 0 aliphatic heterocycles. The lowest BCUT2D eigenvalue weighted by Gasteiger charge is -2.42. The van der Waals surface area contributed by atoms with Gasteiger partial charge in [-0.05, 0) is 115 Å². The van der Waals surface area contributed by atoms with Crippen molar-refractivity contribution in [3.63, 3.8) is 0 Å². The molecule has 45 heavy (non-hydrogen) atoms. The van der Waals surface area contributed by atoms with Gasteiger partial charge in [-0.15, -0.1) is 0 Å². The number of benzene rings is 4. The Kier molecular flexibility index (Phi) is 7.26. The van der Waals surface area contributed by atoms with Gasteiger partial charge < -0.3 is 9.88 Å². The first-order chi connectivity index (χ1) is 21.8. The smallest absolute Gasteiger partial charge is 0.231 e. The van der Waals surface area contributed by atoms with Crippen LogP contribution in [0.25, 0.3) is 27.1 Å². The molecule has 5 aromatic rings. The number of nitrogens with one attached hydrogen (secondary N) is 1. The van der Waals surface area contributed by atoms with E-state index in [0.29, 0.717) is 17.4 Å². The van der Waals surface area contributed by atoms with Crippen molar-refractivity contribution in [2.45, 2.75) is 47.0 Å². The molecule has 7 rings (SSSR count). The quantitative estimate of drug-likeness (QED) is 0.208. The molecule has 2 aliphatic carbocycles. The van der Waals surface area contributed by atoms with Gasteiger partial charge in [-0.3, -0.25) is 0 Å². The zero-order valence-electron chi connectivity index (χ0n) is 26.4. The Morgan fingerprint density at radius 3 is 2.02 bits per heavy atom. The number of rotatable bonds is 5. The Morgan fingerprint density at radius 2 is 1.42 bits per heavy atom. The molecule has 222 valence electrons. The van der Waals surface area contributed by atoms with Crippen molar-refractivity contribution in [1.29, 1.82) is 0 Å². The molecule has 0 amide bonds. The van der Waals surface area contributed by atoms with Crippen LogP contribution in [0.15, 0.2) is 120 Å². The molecule has 4 heteroatoms. The summed E-state index contributed by atoms with van der Waals surface area (Å²) in [5.41, 5.74) is 13.5. The fraction of sp³-hybridized carbons (Fsp3) is 0.220. The van der Waals surface area contributed by atoms with Crippen molar-refractivity contribution in [2.24, 2.45) is 11.3 Å². The number of fused-ring (bicyclic) bond motifs is 2. The molecular formula is C41H38N4. The molecule has 1 heterocycles. The highest BCUT2D eigenvalue weighted by atomic mass is 15.1. The largest absolute Gasteiger partial charge is 0.347 e. The number of aromatic nitrogens is 2. The summed E-state index contributed by atoms with van der Waals surface area (Å²) in [6.45, 7) is 17.1. The Morgan fingerprint density at radius 1 is 0.822 bits per heavy atom. The number of para-hydroxylation sites is 2. The Hall–Kier alpha value is -5.14. The lowest BCUT2D eigenvalue weighted by atomic mass is 9.62. The second kappa shape index (κ2) is 11.4. The summed E-state index contributed by atoms with van der Waals surface area (Å²) in [7, 11) is 0. The first kappa shape index (κ1) is 28.6. The van der Waals surface area contributed by atoms with Crippen LogP contribution >= 0.6 is 0 Å². The van der Waals surface area contributed by atoms with E-state index in [0.717, 1.165) is 52.9 Å². The van der Waals surface area contributed by atoms with E-state index in [1.165, 1.54) is 27.8 Å². The minimum absolute atomic E-state index is 0.0514. The van der Waals surface area contributed by atoms with Gasteiger partial charge in [0.1, 0.15) is 5.82 Å². The van der Waals surface area contributed by atoms with Crippen molar-refractivity contribution in [3.05, 3.63) is 154 Å². The van der Waals surface area contributed by atoms with E-state index in [1.54, 1.807) is 0 Å². The fourth-order valence-electron chi connectivity index (χ4n) is 7.07. The number of H-pyrrole nitrogens is 1. The zero-order valence-corrected chi connectivity index (χ0v) is 26.4. The Labute approximate surface area is 266 Å². The van der Waals surface area contributed by atoms with Gasteiger partial charge in [0.25, 0.3) is 0 Å². The summed E-state index contributed by atoms with van der Waals surface area (Å²) >= 11 is 0. The van der Waals surface area contributed by atoms with Gasteiger partial charge in [-0.1, -0.05) is 85.7 Å². The number of aryl methyl sites for hydroxylation is 2. The number of hydrogen-bond donors (Lipinski definition) is 1. The van der Waals surface area contributed by atoms with E-state index >= 15 is 0 Å². The number of allylic oxidation sites excluding steroid dienone is 5. The van der Waals surface area contributed by atoms with Crippen molar-refractivity contribution in [1.82, 2.24) is 9.97 Å². The van der Waals surface area contributed by atoms with Crippen LogP contribution in [0.5, 0.6) is 0 Å². The maximum atomic E-state index is 8.10. The molecule has 0 fully saturated rings. The average Bonchev–Trinajstić information content (AvgIpc) is 3.47. The van der Waals surface area contributed by atoms with Gasteiger partial charge in [0.15, 0.2) is 0 Å². The topological polar surface area (TPSA) is 36.3 Å². The van der Waals surface area contributed by atoms with E-state index in [-0.39, 0.29) is 5.41 Å². The summed E-state index contributed by atoms with van der Waals surface area (Å²) in [6.07, 6.45) is 7.68. The van der Waals surface area contributed by atoms with E-state index in [1.807, 2.05) is 24.3 Å². The summed E-state index contributed by atoms with van der Waals surface area (Å²) in [5.74, 6) is 1.13. The van der Waals surface area contributed by atoms with E-state index in [4.69, 9.17) is 11.6 Å². The maximum Gasteiger partial charge on any atom is 0.231 e. The molecule has 2 aliphatic rings. The third-order valence-corrected chi connectivity index (χ3v) is 9.49. The zero-order chi connectivity index (χ0) is 31.1. The van der Waals surface area contributed by atoms with E-state index < -0.39 is 0 Å². The first-order valence-electron chi connectivity index (χ1n) is 15.8. The molecule has 0 spiro atoms. The van der Waals surface area contributed by atoms with Crippen LogP contribution in [0.3, 0.4) is 0 Å². The molecule has 0 bridgehead atoms. The minimum atomic E-state index is 0.0514. The predicted molar refractivity (Wildman–Crippen MR) is 187 cm³/mol. The molecule has 1 atom stereocenters. The van der Waals surface area contributed by atoms with Crippen molar-refractivity contribution >= 4 is 39.4 Å². The van der Waals surface area contributed by atoms with E-state index in [9.17, 15) is 0 Å². The third kappa shape index (κ3) is 5.51. The van der Waals surface area contributed by atoms with Crippen molar-refractivity contribution in [2.75, 3.05) is 4.90 Å². The van der Waals surface area contributed by atoms with Gasteiger partial charge in [0, 0.05) is 17.1 Å². The number of nitrogens with zero attached hydrogens (tertiary/aromatic N) is 3. The van der Waals surface area contributed by atoms with Crippen LogP contribution in [-0.4, -0.2) is 9.97 Å².